The van der Waals surface area contributed by atoms with E-state index in [0.29, 0.717) is 12.8 Å². The van der Waals surface area contributed by atoms with Gasteiger partial charge in [-0.05, 0) is 38.5 Å². The molecule has 9 nitrogen and oxygen atoms in total. The van der Waals surface area contributed by atoms with Crippen LogP contribution in [0.15, 0.2) is 0 Å². The molecule has 0 saturated heterocycles. The molecule has 0 spiro atoms. The van der Waals surface area contributed by atoms with Crippen molar-refractivity contribution in [3.63, 3.8) is 0 Å². The number of aliphatic carboxylic acids is 2. The van der Waals surface area contributed by atoms with Crippen LogP contribution in [0.25, 0.3) is 0 Å². The normalized spacial score (nSPS) is 11.1. The maximum absolute atomic E-state index is 11.4. The summed E-state index contributed by atoms with van der Waals surface area (Å²) >= 11 is 0. The van der Waals surface area contributed by atoms with Crippen molar-refractivity contribution >= 4 is 23.8 Å². The zero-order valence-electron chi connectivity index (χ0n) is 25.9. The van der Waals surface area contributed by atoms with Crippen molar-refractivity contribution in [3.8, 4) is 0 Å². The van der Waals surface area contributed by atoms with Crippen LogP contribution in [-0.2, 0) is 19.2 Å². The number of nitrogens with one attached hydrogen (secondary N) is 2. The molecule has 0 aromatic rings. The number of rotatable bonds is 28. The molecule has 0 fully saturated rings. The quantitative estimate of drug-likeness (QED) is 0.0718. The largest absolute Gasteiger partial charge is 1.00 e. The average molecular weight is 579 g/mol. The molecule has 40 heavy (non-hydrogen) atoms. The minimum atomic E-state index is -1.25. The van der Waals surface area contributed by atoms with Crippen molar-refractivity contribution in [2.24, 2.45) is 0 Å². The van der Waals surface area contributed by atoms with Crippen LogP contribution in [0.1, 0.15) is 128 Å². The molecular weight excluding hydrogens is 521 g/mol. The van der Waals surface area contributed by atoms with Crippen LogP contribution in [0.4, 0.5) is 0 Å². The van der Waals surface area contributed by atoms with Crippen molar-refractivity contribution in [2.75, 3.05) is 40.3 Å². The van der Waals surface area contributed by atoms with Gasteiger partial charge in [-0.15, -0.1) is 0 Å². The second kappa shape index (κ2) is 28.0. The molecule has 0 unspecified atom stereocenters. The molecule has 0 rings (SSSR count). The van der Waals surface area contributed by atoms with Crippen LogP contribution in [0.2, 0.25) is 0 Å². The standard InChI is InChI=1S/C30H57N3O6.Na/c1-33(2,23-19-15-11-7-3-5-9-13-17-21-27(34)31-25-29(36)37)24-20-16-12-8-4-6-10-14-18-22-28(35)32-26-30(38)39;/h3-26H2,1-2H3,(H3-,31,32,34,35,36,37,38,39);/q;+1. The molecule has 2 amide bonds. The number of amides is 2. The summed E-state index contributed by atoms with van der Waals surface area (Å²) in [4.78, 5) is 43.6. The maximum atomic E-state index is 11.4. The van der Waals surface area contributed by atoms with Gasteiger partial charge < -0.3 is 30.1 Å². The number of hydrogen-bond donors (Lipinski definition) is 3. The van der Waals surface area contributed by atoms with Crippen molar-refractivity contribution in [3.05, 3.63) is 0 Å². The van der Waals surface area contributed by atoms with Crippen molar-refractivity contribution in [1.29, 1.82) is 0 Å². The van der Waals surface area contributed by atoms with Crippen LogP contribution in [0.3, 0.4) is 0 Å². The fourth-order valence-electron chi connectivity index (χ4n) is 4.76. The van der Waals surface area contributed by atoms with E-state index >= 15 is 0 Å². The molecule has 0 aliphatic rings. The fraction of sp³-hybridized carbons (Fsp3) is 0.867. The van der Waals surface area contributed by atoms with Crippen LogP contribution in [0, 0.1) is 0 Å². The Morgan fingerprint density at radius 1 is 0.550 bits per heavy atom. The van der Waals surface area contributed by atoms with E-state index < -0.39 is 18.5 Å². The molecule has 0 aliphatic heterocycles. The number of carbonyl (C=O) groups is 4. The van der Waals surface area contributed by atoms with E-state index in [1.807, 2.05) is 0 Å². The van der Waals surface area contributed by atoms with Gasteiger partial charge in [-0.25, -0.2) is 0 Å². The van der Waals surface area contributed by atoms with Crippen LogP contribution in [0.5, 0.6) is 0 Å². The molecule has 0 atom stereocenters. The minimum Gasteiger partial charge on any atom is -0.548 e. The van der Waals surface area contributed by atoms with Gasteiger partial charge in [0.15, 0.2) is 0 Å². The summed E-state index contributed by atoms with van der Waals surface area (Å²) < 4.78 is 1.11. The van der Waals surface area contributed by atoms with E-state index in [-0.39, 0.29) is 47.9 Å². The Morgan fingerprint density at radius 2 is 0.850 bits per heavy atom. The first-order valence-corrected chi connectivity index (χ1v) is 15.4. The smallest absolute Gasteiger partial charge is 0.548 e. The zero-order valence-corrected chi connectivity index (χ0v) is 27.9. The topological polar surface area (TPSA) is 136 Å². The van der Waals surface area contributed by atoms with Gasteiger partial charge in [0.1, 0.15) is 6.54 Å². The minimum absolute atomic E-state index is 0. The molecular formula is C30H57N3NaO6+. The van der Waals surface area contributed by atoms with Gasteiger partial charge in [-0.3, -0.25) is 14.4 Å². The monoisotopic (exact) mass is 578 g/mol. The Morgan fingerprint density at radius 3 is 1.18 bits per heavy atom. The maximum Gasteiger partial charge on any atom is 1.00 e. The van der Waals surface area contributed by atoms with Crippen molar-refractivity contribution < 1.29 is 63.4 Å². The van der Waals surface area contributed by atoms with E-state index in [9.17, 15) is 24.3 Å². The second-order valence-electron chi connectivity index (χ2n) is 11.6. The first kappa shape index (κ1) is 41.0. The summed E-state index contributed by atoms with van der Waals surface area (Å²) in [5.41, 5.74) is 0. The second-order valence-corrected chi connectivity index (χ2v) is 11.6. The molecule has 0 bridgehead atoms. The number of nitrogens with zero attached hydrogens (tertiary/aromatic N) is 1. The van der Waals surface area contributed by atoms with Gasteiger partial charge in [0.05, 0.1) is 39.7 Å². The molecule has 10 heteroatoms. The molecule has 0 radical (unpaired) electrons. The number of carbonyl (C=O) groups excluding carboxylic acids is 3. The summed E-state index contributed by atoms with van der Waals surface area (Å²) in [7, 11) is 4.70. The van der Waals surface area contributed by atoms with Crippen molar-refractivity contribution in [1.82, 2.24) is 10.6 Å². The number of hydrogen-bond acceptors (Lipinski definition) is 5. The average Bonchev–Trinajstić information content (AvgIpc) is 2.87. The summed E-state index contributed by atoms with van der Waals surface area (Å²) in [6.45, 7) is 1.80. The molecule has 0 aromatic carbocycles. The molecule has 0 heterocycles. The Balaban J connectivity index is 0. The first-order valence-electron chi connectivity index (χ1n) is 15.4. The third-order valence-corrected chi connectivity index (χ3v) is 7.20. The van der Waals surface area contributed by atoms with E-state index in [0.717, 1.165) is 43.0 Å². The Bertz CT molecular complexity index is 622. The zero-order chi connectivity index (χ0) is 29.2. The van der Waals surface area contributed by atoms with E-state index in [2.05, 4.69) is 24.7 Å². The van der Waals surface area contributed by atoms with Gasteiger partial charge in [0.25, 0.3) is 0 Å². The third-order valence-electron chi connectivity index (χ3n) is 7.20. The van der Waals surface area contributed by atoms with Gasteiger partial charge in [-0.1, -0.05) is 77.0 Å². The first-order chi connectivity index (χ1) is 18.6. The number of quaternary nitrogens is 1. The summed E-state index contributed by atoms with van der Waals surface area (Å²) in [5, 5.41) is 23.6. The van der Waals surface area contributed by atoms with Gasteiger partial charge in [-0.2, -0.15) is 0 Å². The molecule has 0 aromatic heterocycles. The number of carboxylic acid groups (broad SMARTS) is 2. The summed E-state index contributed by atoms with van der Waals surface area (Å²) in [6.07, 6.45) is 22.1. The third kappa shape index (κ3) is 31.4. The molecule has 3 N–H and O–H groups in total. The Labute approximate surface area is 265 Å². The van der Waals surface area contributed by atoms with Gasteiger partial charge in [0, 0.05) is 12.8 Å². The van der Waals surface area contributed by atoms with Gasteiger partial charge in [0.2, 0.25) is 11.8 Å². The van der Waals surface area contributed by atoms with Gasteiger partial charge >= 0.3 is 35.5 Å². The Hall–Kier alpha value is -1.16. The molecule has 0 saturated carbocycles. The molecule has 0 aliphatic carbocycles. The number of unbranched alkanes of at least 4 members (excludes halogenated alkanes) is 16. The van der Waals surface area contributed by atoms with E-state index in [1.54, 1.807) is 0 Å². The van der Waals surface area contributed by atoms with Crippen molar-refractivity contribution in [2.45, 2.75) is 128 Å². The summed E-state index contributed by atoms with van der Waals surface area (Å²) in [6, 6.07) is 0. The van der Waals surface area contributed by atoms with E-state index in [4.69, 9.17) is 5.11 Å². The van der Waals surface area contributed by atoms with Crippen LogP contribution < -0.4 is 45.3 Å². The predicted octanol–water partition coefficient (Wildman–Crippen LogP) is 0.936. The molecule has 228 valence electrons. The fourth-order valence-corrected chi connectivity index (χ4v) is 4.76. The van der Waals surface area contributed by atoms with Crippen LogP contribution >= 0.6 is 0 Å². The predicted molar refractivity (Wildman–Crippen MR) is 153 cm³/mol. The SMILES string of the molecule is C[N+](C)(CCCCCCCCCCCC(=O)NCC(=O)[O-])CCCCCCCCCCCC(=O)NCC(=O)O.[Na+]. The van der Waals surface area contributed by atoms with E-state index in [1.165, 1.54) is 90.1 Å². The number of carboxylic acids is 2. The van der Waals surface area contributed by atoms with Crippen LogP contribution in [-0.4, -0.2) is 73.6 Å². The summed E-state index contributed by atoms with van der Waals surface area (Å²) in [5.74, 6) is -2.63. The Kier molecular flexibility index (Phi) is 28.7.